The Hall–Kier alpha value is -1.92. The summed E-state index contributed by atoms with van der Waals surface area (Å²) < 4.78 is 8.13. The molecule has 96 valence electrons. The Morgan fingerprint density at radius 2 is 1.95 bits per heavy atom. The fourth-order valence-corrected chi connectivity index (χ4v) is 4.23. The third-order valence-corrected chi connectivity index (χ3v) is 4.99. The number of hydrogen-bond acceptors (Lipinski definition) is 5. The molecule has 0 fully saturated rings. The van der Waals surface area contributed by atoms with Crippen LogP contribution in [-0.2, 0) is 9.53 Å². The number of fused-ring (bicyclic) bond motifs is 3. The molecule has 2 aromatic heterocycles. The third kappa shape index (κ3) is 2.20. The van der Waals surface area contributed by atoms with E-state index in [1.807, 2.05) is 18.2 Å². The molecule has 0 unspecified atom stereocenters. The molecule has 6 heteroatoms. The van der Waals surface area contributed by atoms with Crippen LogP contribution in [0.25, 0.3) is 19.5 Å². The number of primary amides is 1. The fraction of sp³-hybridized carbons (Fsp3) is 0.0769. The molecule has 0 radical (unpaired) electrons. The molecule has 2 N–H and O–H groups in total. The zero-order valence-electron chi connectivity index (χ0n) is 9.71. The maximum absolute atomic E-state index is 11.7. The second kappa shape index (κ2) is 4.64. The molecule has 0 atom stereocenters. The van der Waals surface area contributed by atoms with Gasteiger partial charge in [-0.1, -0.05) is 18.2 Å². The number of hydrogen-bond donors (Lipinski definition) is 1. The van der Waals surface area contributed by atoms with Crippen molar-refractivity contribution in [1.82, 2.24) is 0 Å². The lowest BCUT2D eigenvalue weighted by Gasteiger charge is -1.98. The first-order chi connectivity index (χ1) is 9.15. The Morgan fingerprint density at radius 3 is 2.74 bits per heavy atom. The van der Waals surface area contributed by atoms with Crippen molar-refractivity contribution in [2.45, 2.75) is 0 Å². The smallest absolute Gasteiger partial charge is 0.348 e. The summed E-state index contributed by atoms with van der Waals surface area (Å²) in [5.74, 6) is -1.16. The van der Waals surface area contributed by atoms with Crippen LogP contribution in [0.1, 0.15) is 9.67 Å². The maximum Gasteiger partial charge on any atom is 0.348 e. The highest BCUT2D eigenvalue weighted by atomic mass is 32.1. The lowest BCUT2D eigenvalue weighted by molar-refractivity contribution is -0.121. The monoisotopic (exact) mass is 291 g/mol. The summed E-state index contributed by atoms with van der Waals surface area (Å²) >= 11 is 3.01. The molecular formula is C13H9NO3S2. The molecule has 0 spiro atoms. The highest BCUT2D eigenvalue weighted by Gasteiger charge is 2.15. The lowest BCUT2D eigenvalue weighted by Crippen LogP contribution is -2.20. The Kier molecular flexibility index (Phi) is 2.96. The van der Waals surface area contributed by atoms with E-state index in [2.05, 4.69) is 6.07 Å². The zero-order valence-corrected chi connectivity index (χ0v) is 11.3. The van der Waals surface area contributed by atoms with Gasteiger partial charge in [0.25, 0.3) is 5.91 Å². The van der Waals surface area contributed by atoms with Crippen LogP contribution in [0.3, 0.4) is 0 Å². The molecule has 2 heterocycles. The SMILES string of the molecule is NC(=O)COC(=O)c1cc2sc3ccccc3c2s1. The molecule has 1 aromatic carbocycles. The first-order valence-corrected chi connectivity index (χ1v) is 7.15. The zero-order chi connectivity index (χ0) is 13.4. The quantitative estimate of drug-likeness (QED) is 0.754. The molecule has 0 aliphatic carbocycles. The largest absolute Gasteiger partial charge is 0.451 e. The van der Waals surface area contributed by atoms with E-state index in [4.69, 9.17) is 10.5 Å². The molecule has 0 saturated carbocycles. The standard InChI is InChI=1S/C13H9NO3S2/c14-11(15)6-17-13(16)10-5-9-12(19-10)7-3-1-2-4-8(7)18-9/h1-5H,6H2,(H2,14,15). The maximum atomic E-state index is 11.7. The van der Waals surface area contributed by atoms with Crippen molar-refractivity contribution in [3.05, 3.63) is 35.2 Å². The van der Waals surface area contributed by atoms with Crippen molar-refractivity contribution in [3.63, 3.8) is 0 Å². The second-order valence-electron chi connectivity index (χ2n) is 3.94. The Balaban J connectivity index is 1.98. The van der Waals surface area contributed by atoms with Gasteiger partial charge in [0.2, 0.25) is 0 Å². The van der Waals surface area contributed by atoms with Gasteiger partial charge in [0.15, 0.2) is 6.61 Å². The van der Waals surface area contributed by atoms with Crippen molar-refractivity contribution < 1.29 is 14.3 Å². The summed E-state index contributed by atoms with van der Waals surface area (Å²) in [6.45, 7) is -0.384. The third-order valence-electron chi connectivity index (χ3n) is 2.60. The van der Waals surface area contributed by atoms with Crippen LogP contribution >= 0.6 is 22.7 Å². The molecule has 0 aliphatic rings. The first kappa shape index (κ1) is 12.1. The summed E-state index contributed by atoms with van der Waals surface area (Å²) in [5.41, 5.74) is 4.94. The van der Waals surface area contributed by atoms with E-state index in [9.17, 15) is 9.59 Å². The number of esters is 1. The molecule has 0 bridgehead atoms. The van der Waals surface area contributed by atoms with Crippen LogP contribution in [-0.4, -0.2) is 18.5 Å². The van der Waals surface area contributed by atoms with Gasteiger partial charge in [-0.15, -0.1) is 22.7 Å². The summed E-state index contributed by atoms with van der Waals surface area (Å²) in [5, 5.41) is 1.14. The van der Waals surface area contributed by atoms with E-state index < -0.39 is 11.9 Å². The van der Waals surface area contributed by atoms with Crippen molar-refractivity contribution in [1.29, 1.82) is 0 Å². The molecule has 3 rings (SSSR count). The van der Waals surface area contributed by atoms with Crippen LogP contribution in [0.15, 0.2) is 30.3 Å². The number of benzene rings is 1. The molecule has 3 aromatic rings. The Bertz CT molecular complexity index is 787. The fourth-order valence-electron chi connectivity index (χ4n) is 1.81. The van der Waals surface area contributed by atoms with Gasteiger partial charge in [0, 0.05) is 14.8 Å². The van der Waals surface area contributed by atoms with Crippen LogP contribution in [0.2, 0.25) is 0 Å². The number of ether oxygens (including phenoxy) is 1. The van der Waals surface area contributed by atoms with Crippen molar-refractivity contribution in [2.24, 2.45) is 5.73 Å². The average molecular weight is 291 g/mol. The van der Waals surface area contributed by atoms with Gasteiger partial charge in [-0.05, 0) is 12.1 Å². The van der Waals surface area contributed by atoms with Gasteiger partial charge >= 0.3 is 5.97 Å². The van der Waals surface area contributed by atoms with Crippen LogP contribution in [0, 0.1) is 0 Å². The highest BCUT2D eigenvalue weighted by Crippen LogP contribution is 2.39. The highest BCUT2D eigenvalue weighted by molar-refractivity contribution is 7.33. The predicted octanol–water partition coefficient (Wildman–Crippen LogP) is 2.76. The van der Waals surface area contributed by atoms with E-state index >= 15 is 0 Å². The number of nitrogens with two attached hydrogens (primary N) is 1. The average Bonchev–Trinajstić information content (AvgIpc) is 2.93. The van der Waals surface area contributed by atoms with E-state index in [0.717, 1.165) is 14.8 Å². The van der Waals surface area contributed by atoms with Crippen LogP contribution in [0.5, 0.6) is 0 Å². The normalized spacial score (nSPS) is 10.9. The Morgan fingerprint density at radius 1 is 1.16 bits per heavy atom. The minimum absolute atomic E-state index is 0.384. The van der Waals surface area contributed by atoms with Gasteiger partial charge in [0.05, 0.1) is 4.70 Å². The molecule has 4 nitrogen and oxygen atoms in total. The molecule has 1 amide bonds. The van der Waals surface area contributed by atoms with Crippen LogP contribution in [0.4, 0.5) is 0 Å². The van der Waals surface area contributed by atoms with E-state index in [-0.39, 0.29) is 6.61 Å². The summed E-state index contributed by atoms with van der Waals surface area (Å²) in [7, 11) is 0. The van der Waals surface area contributed by atoms with Gasteiger partial charge in [-0.3, -0.25) is 4.79 Å². The van der Waals surface area contributed by atoms with Gasteiger partial charge in [-0.2, -0.15) is 0 Å². The van der Waals surface area contributed by atoms with Crippen LogP contribution < -0.4 is 5.73 Å². The van der Waals surface area contributed by atoms with Crippen molar-refractivity contribution in [2.75, 3.05) is 6.61 Å². The van der Waals surface area contributed by atoms with E-state index in [1.54, 1.807) is 17.4 Å². The first-order valence-electron chi connectivity index (χ1n) is 5.51. The summed E-state index contributed by atoms with van der Waals surface area (Å²) in [4.78, 5) is 22.8. The number of thiophene rings is 2. The van der Waals surface area contributed by atoms with Gasteiger partial charge < -0.3 is 10.5 Å². The van der Waals surface area contributed by atoms with Crippen molar-refractivity contribution >= 4 is 54.0 Å². The Labute approximate surface area is 116 Å². The summed E-state index contributed by atoms with van der Waals surface area (Å²) in [6, 6.07) is 9.85. The minimum Gasteiger partial charge on any atom is -0.451 e. The van der Waals surface area contributed by atoms with Crippen molar-refractivity contribution in [3.8, 4) is 0 Å². The molecule has 0 aliphatic heterocycles. The number of carbonyl (C=O) groups excluding carboxylic acids is 2. The minimum atomic E-state index is -0.655. The summed E-state index contributed by atoms with van der Waals surface area (Å²) in [6.07, 6.45) is 0. The molecule has 19 heavy (non-hydrogen) atoms. The number of carbonyl (C=O) groups is 2. The molecule has 0 saturated heterocycles. The predicted molar refractivity (Wildman–Crippen MR) is 76.7 cm³/mol. The second-order valence-corrected chi connectivity index (χ2v) is 6.08. The van der Waals surface area contributed by atoms with Gasteiger partial charge in [0.1, 0.15) is 4.88 Å². The van der Waals surface area contributed by atoms with E-state index in [1.165, 1.54) is 16.0 Å². The number of amides is 1. The topological polar surface area (TPSA) is 69.4 Å². The lowest BCUT2D eigenvalue weighted by atomic mass is 10.2. The van der Waals surface area contributed by atoms with E-state index in [0.29, 0.717) is 4.88 Å². The number of rotatable bonds is 3. The molecular weight excluding hydrogens is 282 g/mol. The van der Waals surface area contributed by atoms with Gasteiger partial charge in [-0.25, -0.2) is 4.79 Å².